The Balaban J connectivity index is 2.65. The van der Waals surface area contributed by atoms with Crippen molar-refractivity contribution in [2.24, 2.45) is 0 Å². The number of carbonyl (C=O) groups is 1. The van der Waals surface area contributed by atoms with Gasteiger partial charge in [-0.1, -0.05) is 0 Å². The molecular weight excluding hydrogens is 178 g/mol. The Morgan fingerprint density at radius 1 is 1.50 bits per heavy atom. The van der Waals surface area contributed by atoms with Crippen molar-refractivity contribution < 1.29 is 10.9 Å². The summed E-state index contributed by atoms with van der Waals surface area (Å²) in [6.45, 7) is 7.94. The maximum atomic E-state index is 11.8. The number of hydrogen-bond acceptors (Lipinski definition) is 2. The Hall–Kier alpha value is -0.730. The van der Waals surface area contributed by atoms with E-state index in [1.54, 1.807) is 6.92 Å². The molecule has 1 unspecified atom stereocenters. The van der Waals surface area contributed by atoms with Crippen LogP contribution in [0.3, 0.4) is 0 Å². The van der Waals surface area contributed by atoms with Gasteiger partial charge in [0, 0.05) is 12.6 Å². The summed E-state index contributed by atoms with van der Waals surface area (Å²) in [6, 6.07) is -0.805. The minimum atomic E-state index is -0.805. The highest BCUT2D eigenvalue weighted by atomic mass is 16.6. The first-order valence-corrected chi connectivity index (χ1v) is 5.23. The Morgan fingerprint density at radius 3 is 2.64 bits per heavy atom. The highest BCUT2D eigenvalue weighted by molar-refractivity contribution is 5.68. The molecule has 1 aliphatic rings. The quantitative estimate of drug-likeness (QED) is 0.601. The van der Waals surface area contributed by atoms with Crippen LogP contribution in [-0.4, -0.2) is 29.2 Å². The molecule has 0 spiro atoms. The van der Waals surface area contributed by atoms with Gasteiger partial charge >= 0.3 is 6.09 Å². The fraction of sp³-hybridized carbons (Fsp3) is 0.909. The van der Waals surface area contributed by atoms with Crippen LogP contribution >= 0.6 is 0 Å². The topological polar surface area (TPSA) is 29.5 Å². The molecule has 0 aromatic heterocycles. The standard InChI is InChI=1S/C11H21NO2/c1-9-7-5-6-8-12(9)10(13)14-11(2,3)4/h9H,5-8H2,1-4H3/i9D. The highest BCUT2D eigenvalue weighted by Crippen LogP contribution is 2.19. The molecule has 1 atom stereocenters. The number of hydrogen-bond donors (Lipinski definition) is 0. The van der Waals surface area contributed by atoms with E-state index in [0.717, 1.165) is 19.3 Å². The number of ether oxygens (including phenoxy) is 1. The summed E-state index contributed by atoms with van der Waals surface area (Å²) in [6.07, 6.45) is 2.35. The van der Waals surface area contributed by atoms with Crippen molar-refractivity contribution in [1.29, 1.82) is 0 Å². The van der Waals surface area contributed by atoms with Crippen LogP contribution in [0.4, 0.5) is 4.79 Å². The number of piperidine rings is 1. The van der Waals surface area contributed by atoms with Crippen molar-refractivity contribution in [3.8, 4) is 0 Å². The van der Waals surface area contributed by atoms with Gasteiger partial charge in [-0.15, -0.1) is 0 Å². The Bertz CT molecular complexity index is 245. The molecule has 0 N–H and O–H groups in total. The number of likely N-dealkylation sites (tertiary alicyclic amines) is 1. The molecule has 14 heavy (non-hydrogen) atoms. The van der Waals surface area contributed by atoms with E-state index < -0.39 is 11.6 Å². The van der Waals surface area contributed by atoms with Gasteiger partial charge in [0.15, 0.2) is 0 Å². The smallest absolute Gasteiger partial charge is 0.410 e. The average Bonchev–Trinajstić information content (AvgIpc) is 1.99. The van der Waals surface area contributed by atoms with Crippen LogP contribution in [0, 0.1) is 0 Å². The number of rotatable bonds is 0. The molecule has 1 amide bonds. The summed E-state index contributed by atoms with van der Waals surface area (Å²) in [5.74, 6) is 0. The minimum absolute atomic E-state index is 0.361. The van der Waals surface area contributed by atoms with Crippen LogP contribution in [0.2, 0.25) is 0 Å². The van der Waals surface area contributed by atoms with E-state index in [0.29, 0.717) is 6.54 Å². The van der Waals surface area contributed by atoms with Gasteiger partial charge in [-0.25, -0.2) is 4.79 Å². The molecule has 1 rings (SSSR count). The molecule has 1 heterocycles. The zero-order valence-corrected chi connectivity index (χ0v) is 9.59. The molecule has 0 aliphatic carbocycles. The molecule has 0 aromatic carbocycles. The lowest BCUT2D eigenvalue weighted by molar-refractivity contribution is 0.0121. The SMILES string of the molecule is [2H]C1(C)CCCCN1C(=O)OC(C)(C)C. The van der Waals surface area contributed by atoms with Gasteiger partial charge in [0.25, 0.3) is 0 Å². The largest absolute Gasteiger partial charge is 0.444 e. The lowest BCUT2D eigenvalue weighted by atomic mass is 10.0. The molecule has 1 fully saturated rings. The molecule has 0 saturated carbocycles. The molecule has 3 nitrogen and oxygen atoms in total. The molecule has 0 bridgehead atoms. The lowest BCUT2D eigenvalue weighted by Gasteiger charge is -2.34. The zero-order chi connectivity index (χ0) is 11.7. The van der Waals surface area contributed by atoms with E-state index in [4.69, 9.17) is 6.11 Å². The van der Waals surface area contributed by atoms with E-state index in [1.807, 2.05) is 20.8 Å². The van der Waals surface area contributed by atoms with Gasteiger partial charge in [0.05, 0.1) is 1.37 Å². The second-order valence-corrected chi connectivity index (χ2v) is 4.82. The van der Waals surface area contributed by atoms with E-state index >= 15 is 0 Å². The zero-order valence-electron chi connectivity index (χ0n) is 10.6. The fourth-order valence-electron chi connectivity index (χ4n) is 1.54. The van der Waals surface area contributed by atoms with Crippen molar-refractivity contribution in [3.05, 3.63) is 0 Å². The number of amides is 1. The van der Waals surface area contributed by atoms with E-state index in [1.165, 1.54) is 4.90 Å². The summed E-state index contributed by atoms with van der Waals surface area (Å²) in [7, 11) is 0. The molecule has 1 saturated heterocycles. The summed E-state index contributed by atoms with van der Waals surface area (Å²) < 4.78 is 13.3. The first kappa shape index (κ1) is 9.81. The third-order valence-corrected chi connectivity index (χ3v) is 2.24. The van der Waals surface area contributed by atoms with E-state index in [-0.39, 0.29) is 6.09 Å². The van der Waals surface area contributed by atoms with Gasteiger partial charge in [0.1, 0.15) is 5.60 Å². The van der Waals surface area contributed by atoms with Gasteiger partial charge in [0.2, 0.25) is 0 Å². The van der Waals surface area contributed by atoms with Crippen LogP contribution < -0.4 is 0 Å². The van der Waals surface area contributed by atoms with Crippen molar-refractivity contribution >= 4 is 6.09 Å². The van der Waals surface area contributed by atoms with Crippen LogP contribution in [-0.2, 0) is 4.74 Å². The molecule has 82 valence electrons. The normalized spacial score (nSPS) is 29.7. The minimum Gasteiger partial charge on any atom is -0.444 e. The van der Waals surface area contributed by atoms with E-state index in [9.17, 15) is 4.79 Å². The number of carbonyl (C=O) groups excluding carboxylic acids is 1. The summed E-state index contributed by atoms with van der Waals surface area (Å²) in [5.41, 5.74) is -0.482. The fourth-order valence-corrected chi connectivity index (χ4v) is 1.54. The van der Waals surface area contributed by atoms with Gasteiger partial charge in [-0.05, 0) is 47.0 Å². The van der Waals surface area contributed by atoms with Gasteiger partial charge in [-0.2, -0.15) is 0 Å². The van der Waals surface area contributed by atoms with Crippen molar-refractivity contribution in [2.45, 2.75) is 58.6 Å². The molecule has 3 heteroatoms. The summed E-state index contributed by atoms with van der Waals surface area (Å²) in [5, 5.41) is 0. The van der Waals surface area contributed by atoms with Crippen LogP contribution in [0.5, 0.6) is 0 Å². The van der Waals surface area contributed by atoms with Crippen molar-refractivity contribution in [2.75, 3.05) is 6.54 Å². The summed E-state index contributed by atoms with van der Waals surface area (Å²) in [4.78, 5) is 13.3. The maximum Gasteiger partial charge on any atom is 0.410 e. The molecular formula is C11H21NO2. The van der Waals surface area contributed by atoms with Gasteiger partial charge in [-0.3, -0.25) is 0 Å². The third-order valence-electron chi connectivity index (χ3n) is 2.24. The van der Waals surface area contributed by atoms with E-state index in [2.05, 4.69) is 0 Å². The first-order chi connectivity index (χ1) is 6.72. The molecule has 0 aromatic rings. The maximum absolute atomic E-state index is 11.8. The monoisotopic (exact) mass is 200 g/mol. The second-order valence-electron chi connectivity index (χ2n) is 4.82. The summed E-state index contributed by atoms with van der Waals surface area (Å²) >= 11 is 0. The lowest BCUT2D eigenvalue weighted by Crippen LogP contribution is -2.44. The molecule has 0 radical (unpaired) electrons. The highest BCUT2D eigenvalue weighted by Gasteiger charge is 2.27. The predicted molar refractivity (Wildman–Crippen MR) is 56.3 cm³/mol. The Morgan fingerprint density at radius 2 is 2.14 bits per heavy atom. The van der Waals surface area contributed by atoms with Crippen LogP contribution in [0.25, 0.3) is 0 Å². The second kappa shape index (κ2) is 4.20. The number of nitrogens with zero attached hydrogens (tertiary/aromatic N) is 1. The Kier molecular flexibility index (Phi) is 2.94. The molecule has 1 aliphatic heterocycles. The van der Waals surface area contributed by atoms with Crippen LogP contribution in [0.15, 0.2) is 0 Å². The average molecular weight is 200 g/mol. The predicted octanol–water partition coefficient (Wildman–Crippen LogP) is 2.80. The Labute approximate surface area is 87.8 Å². The van der Waals surface area contributed by atoms with Gasteiger partial charge < -0.3 is 9.64 Å². The van der Waals surface area contributed by atoms with Crippen molar-refractivity contribution in [3.63, 3.8) is 0 Å². The van der Waals surface area contributed by atoms with Crippen LogP contribution in [0.1, 0.15) is 48.3 Å². The van der Waals surface area contributed by atoms with Crippen molar-refractivity contribution in [1.82, 2.24) is 4.90 Å². The first-order valence-electron chi connectivity index (χ1n) is 5.73. The third kappa shape index (κ3) is 3.20.